The molecule has 2 heterocycles. The van der Waals surface area contributed by atoms with Crippen LogP contribution in [0.25, 0.3) is 10.3 Å². The van der Waals surface area contributed by atoms with Gasteiger partial charge in [0.1, 0.15) is 5.69 Å². The van der Waals surface area contributed by atoms with Crippen molar-refractivity contribution < 1.29 is 9.90 Å². The molecule has 0 aliphatic carbocycles. The van der Waals surface area contributed by atoms with Gasteiger partial charge in [0.25, 0.3) is 0 Å². The van der Waals surface area contributed by atoms with Gasteiger partial charge in [-0.15, -0.1) is 11.3 Å². The highest BCUT2D eigenvalue weighted by molar-refractivity contribution is 9.11. The smallest absolute Gasteiger partial charge is 0.352 e. The van der Waals surface area contributed by atoms with Gasteiger partial charge in [-0.05, 0) is 22.0 Å². The number of carbonyl (C=O) groups is 1. The highest BCUT2D eigenvalue weighted by Crippen LogP contribution is 2.28. The second-order valence-electron chi connectivity index (χ2n) is 2.55. The zero-order valence-corrected chi connectivity index (χ0v) is 9.02. The molecule has 0 saturated heterocycles. The molecule has 0 spiro atoms. The molecule has 0 aliphatic heterocycles. The second kappa shape index (κ2) is 2.81. The normalized spacial score (nSPS) is 10.9. The number of aryl methyl sites for hydroxylation is 1. The van der Waals surface area contributed by atoms with Crippen LogP contribution in [0.15, 0.2) is 9.98 Å². The van der Waals surface area contributed by atoms with E-state index in [1.807, 2.05) is 0 Å². The summed E-state index contributed by atoms with van der Waals surface area (Å²) in [5.74, 6) is -0.927. The number of fused-ring (bicyclic) bond motifs is 1. The fourth-order valence-corrected chi connectivity index (χ4v) is 2.62. The van der Waals surface area contributed by atoms with E-state index in [1.165, 1.54) is 11.3 Å². The number of carboxylic acids is 1. The summed E-state index contributed by atoms with van der Waals surface area (Å²) >= 11 is 4.67. The summed E-state index contributed by atoms with van der Waals surface area (Å²) in [6, 6.07) is 1.63. The number of halogens is 1. The zero-order chi connectivity index (χ0) is 9.59. The summed E-state index contributed by atoms with van der Waals surface area (Å²) in [5.41, 5.74) is 0.968. The maximum atomic E-state index is 10.7. The first-order valence-corrected chi connectivity index (χ1v) is 5.05. The molecule has 0 atom stereocenters. The average Bonchev–Trinajstić information content (AvgIpc) is 2.51. The number of hydrogen-bond donors (Lipinski definition) is 1. The van der Waals surface area contributed by atoms with Crippen molar-refractivity contribution in [3.8, 4) is 0 Å². The second-order valence-corrected chi connectivity index (χ2v) is 4.86. The summed E-state index contributed by atoms with van der Waals surface area (Å²) in [7, 11) is 1.69. The van der Waals surface area contributed by atoms with E-state index >= 15 is 0 Å². The third-order valence-corrected chi connectivity index (χ3v) is 3.22. The van der Waals surface area contributed by atoms with Crippen LogP contribution in [0.3, 0.4) is 0 Å². The molecule has 1 N–H and O–H groups in total. The highest BCUT2D eigenvalue weighted by Gasteiger charge is 2.14. The van der Waals surface area contributed by atoms with Crippen molar-refractivity contribution in [1.29, 1.82) is 0 Å². The molecule has 2 aromatic heterocycles. The Hall–Kier alpha value is -0.880. The maximum absolute atomic E-state index is 10.7. The van der Waals surface area contributed by atoms with Gasteiger partial charge in [-0.2, -0.15) is 0 Å². The quantitative estimate of drug-likeness (QED) is 0.855. The van der Waals surface area contributed by atoms with E-state index in [-0.39, 0.29) is 5.69 Å². The van der Waals surface area contributed by atoms with Gasteiger partial charge in [-0.25, -0.2) is 9.78 Å². The van der Waals surface area contributed by atoms with Crippen LogP contribution in [-0.4, -0.2) is 20.6 Å². The Morgan fingerprint density at radius 3 is 3.00 bits per heavy atom. The van der Waals surface area contributed by atoms with Gasteiger partial charge < -0.3 is 9.67 Å². The lowest BCUT2D eigenvalue weighted by molar-refractivity contribution is 0.0687. The van der Waals surface area contributed by atoms with Crippen molar-refractivity contribution in [3.63, 3.8) is 0 Å². The Labute approximate surface area is 85.9 Å². The van der Waals surface area contributed by atoms with Gasteiger partial charge in [0.05, 0.1) is 4.70 Å². The van der Waals surface area contributed by atoms with Crippen molar-refractivity contribution in [2.45, 2.75) is 0 Å². The Bertz CT molecular complexity index is 488. The molecule has 0 unspecified atom stereocenters. The summed E-state index contributed by atoms with van der Waals surface area (Å²) in [6.07, 6.45) is 0. The predicted octanol–water partition coefficient (Wildman–Crippen LogP) is 2.10. The monoisotopic (exact) mass is 260 g/mol. The minimum absolute atomic E-state index is 0.265. The van der Waals surface area contributed by atoms with E-state index in [4.69, 9.17) is 5.11 Å². The number of carboxylic acid groups (broad SMARTS) is 1. The summed E-state index contributed by atoms with van der Waals surface area (Å²) in [5, 5.41) is 8.80. The fourth-order valence-electron chi connectivity index (χ4n) is 1.17. The van der Waals surface area contributed by atoms with E-state index in [0.29, 0.717) is 5.65 Å². The topological polar surface area (TPSA) is 55.1 Å². The predicted molar refractivity (Wildman–Crippen MR) is 53.3 cm³/mol. The molecule has 0 radical (unpaired) electrons. The van der Waals surface area contributed by atoms with Crippen molar-refractivity contribution in [3.05, 3.63) is 15.7 Å². The van der Waals surface area contributed by atoms with Gasteiger partial charge in [0.15, 0.2) is 9.56 Å². The molecule has 68 valence electrons. The fraction of sp³-hybridized carbons (Fsp3) is 0.143. The van der Waals surface area contributed by atoms with Gasteiger partial charge in [-0.1, -0.05) is 0 Å². The van der Waals surface area contributed by atoms with Crippen LogP contribution < -0.4 is 0 Å². The van der Waals surface area contributed by atoms with Crippen molar-refractivity contribution in [2.75, 3.05) is 0 Å². The first-order valence-electron chi connectivity index (χ1n) is 3.44. The molecule has 13 heavy (non-hydrogen) atoms. The van der Waals surface area contributed by atoms with E-state index < -0.39 is 5.97 Å². The maximum Gasteiger partial charge on any atom is 0.352 e. The Kier molecular flexibility index (Phi) is 1.88. The molecule has 0 aromatic carbocycles. The van der Waals surface area contributed by atoms with Crippen molar-refractivity contribution in [2.24, 2.45) is 7.05 Å². The molecule has 0 aliphatic rings. The molecule has 2 aromatic rings. The summed E-state index contributed by atoms with van der Waals surface area (Å²) < 4.78 is 3.22. The van der Waals surface area contributed by atoms with Crippen LogP contribution >= 0.6 is 27.3 Å². The summed E-state index contributed by atoms with van der Waals surface area (Å²) in [4.78, 5) is 14.9. The largest absolute Gasteiger partial charge is 0.477 e. The minimum atomic E-state index is -0.927. The minimum Gasteiger partial charge on any atom is -0.477 e. The SMILES string of the molecule is Cn1c(C(=O)O)cc2sc(Br)nc21. The third-order valence-electron chi connectivity index (χ3n) is 1.77. The number of rotatable bonds is 1. The molecular formula is C7H5BrN2O2S. The standard InChI is InChI=1S/C7H5BrN2O2S/c1-10-3(6(11)12)2-4-5(10)9-7(8)13-4/h2H,1H3,(H,11,12). The summed E-state index contributed by atoms with van der Waals surface area (Å²) in [6.45, 7) is 0. The van der Waals surface area contributed by atoms with Crippen LogP contribution in [0, 0.1) is 0 Å². The van der Waals surface area contributed by atoms with Crippen molar-refractivity contribution in [1.82, 2.24) is 9.55 Å². The lowest BCUT2D eigenvalue weighted by Gasteiger charge is -1.95. The Balaban J connectivity index is 2.76. The van der Waals surface area contributed by atoms with E-state index in [1.54, 1.807) is 17.7 Å². The lowest BCUT2D eigenvalue weighted by atomic mass is 10.4. The molecular weight excluding hydrogens is 256 g/mol. The van der Waals surface area contributed by atoms with Gasteiger partial charge in [-0.3, -0.25) is 0 Å². The molecule has 2 rings (SSSR count). The van der Waals surface area contributed by atoms with Crippen LogP contribution in [0.4, 0.5) is 0 Å². The van der Waals surface area contributed by atoms with E-state index in [0.717, 1.165) is 8.62 Å². The number of hydrogen-bond acceptors (Lipinski definition) is 3. The Morgan fingerprint density at radius 1 is 1.77 bits per heavy atom. The van der Waals surface area contributed by atoms with Gasteiger partial charge in [0.2, 0.25) is 0 Å². The van der Waals surface area contributed by atoms with Crippen LogP contribution in [-0.2, 0) is 7.05 Å². The first-order chi connectivity index (χ1) is 6.09. The van der Waals surface area contributed by atoms with Gasteiger partial charge in [0, 0.05) is 7.05 Å². The molecule has 0 saturated carbocycles. The molecule has 6 heteroatoms. The van der Waals surface area contributed by atoms with Crippen LogP contribution in [0.1, 0.15) is 10.5 Å². The number of nitrogens with zero attached hydrogens (tertiary/aromatic N) is 2. The van der Waals surface area contributed by atoms with E-state index in [9.17, 15) is 4.79 Å². The average molecular weight is 261 g/mol. The number of aromatic carboxylic acids is 1. The zero-order valence-electron chi connectivity index (χ0n) is 6.61. The molecule has 0 bridgehead atoms. The molecule has 4 nitrogen and oxygen atoms in total. The molecule has 0 fully saturated rings. The number of thiazole rings is 1. The number of aromatic nitrogens is 2. The Morgan fingerprint density at radius 2 is 2.46 bits per heavy atom. The van der Waals surface area contributed by atoms with Gasteiger partial charge >= 0.3 is 5.97 Å². The van der Waals surface area contributed by atoms with Crippen molar-refractivity contribution >= 4 is 43.6 Å². The molecule has 0 amide bonds. The third kappa shape index (κ3) is 1.26. The lowest BCUT2D eigenvalue weighted by Crippen LogP contribution is -2.03. The first kappa shape index (κ1) is 8.71. The van der Waals surface area contributed by atoms with Crippen LogP contribution in [0.5, 0.6) is 0 Å². The highest BCUT2D eigenvalue weighted by atomic mass is 79.9. The van der Waals surface area contributed by atoms with Crippen LogP contribution in [0.2, 0.25) is 0 Å². The van der Waals surface area contributed by atoms with E-state index in [2.05, 4.69) is 20.9 Å².